The SMILES string of the molecule is CC(C)C(N)C(=O)O.NCC(=O)O.O=C(NC(Cc1ccc(O)cc1)C(=O)O)OCC1c2ccccc2-c2ccccc21. The van der Waals surface area contributed by atoms with E-state index in [1.54, 1.807) is 26.0 Å². The van der Waals surface area contributed by atoms with Crippen molar-refractivity contribution >= 4 is 24.0 Å². The molecule has 230 valence electrons. The molecule has 0 saturated heterocycles. The third kappa shape index (κ3) is 10.4. The average molecular weight is 596 g/mol. The lowest BCUT2D eigenvalue weighted by Crippen LogP contribution is -2.42. The average Bonchev–Trinajstić information content (AvgIpc) is 3.30. The smallest absolute Gasteiger partial charge is 0.407 e. The molecule has 0 aliphatic heterocycles. The molecule has 1 amide bonds. The summed E-state index contributed by atoms with van der Waals surface area (Å²) in [7, 11) is 0. The minimum atomic E-state index is -1.16. The topological polar surface area (TPSA) is 222 Å². The zero-order chi connectivity index (χ0) is 32.1. The number of phenolic OH excluding ortho intramolecular Hbond substituents is 1. The van der Waals surface area contributed by atoms with Crippen LogP contribution in [-0.2, 0) is 25.5 Å². The van der Waals surface area contributed by atoms with Crippen LogP contribution in [0.25, 0.3) is 11.1 Å². The molecule has 9 N–H and O–H groups in total. The Labute approximate surface area is 248 Å². The van der Waals surface area contributed by atoms with Crippen molar-refractivity contribution in [3.63, 3.8) is 0 Å². The molecule has 12 nitrogen and oxygen atoms in total. The number of hydrogen-bond acceptors (Lipinski definition) is 8. The lowest BCUT2D eigenvalue weighted by Gasteiger charge is -2.17. The number of nitrogens with one attached hydrogen (secondary N) is 1. The second-order valence-electron chi connectivity index (χ2n) is 9.94. The van der Waals surface area contributed by atoms with Gasteiger partial charge in [-0.2, -0.15) is 0 Å². The van der Waals surface area contributed by atoms with Crippen molar-refractivity contribution in [1.29, 1.82) is 0 Å². The molecule has 3 aromatic rings. The first-order chi connectivity index (χ1) is 20.3. The molecule has 0 aromatic heterocycles. The number of aromatic hydroxyl groups is 1. The van der Waals surface area contributed by atoms with Crippen LogP contribution in [0.1, 0.15) is 36.5 Å². The van der Waals surface area contributed by atoms with Crippen LogP contribution in [0.5, 0.6) is 5.75 Å². The van der Waals surface area contributed by atoms with Crippen LogP contribution >= 0.6 is 0 Å². The van der Waals surface area contributed by atoms with E-state index in [0.717, 1.165) is 22.3 Å². The lowest BCUT2D eigenvalue weighted by atomic mass is 9.98. The molecule has 12 heteroatoms. The van der Waals surface area contributed by atoms with Gasteiger partial charge in [0.2, 0.25) is 0 Å². The van der Waals surface area contributed by atoms with Gasteiger partial charge in [0.15, 0.2) is 0 Å². The van der Waals surface area contributed by atoms with Crippen molar-refractivity contribution in [2.75, 3.05) is 13.2 Å². The van der Waals surface area contributed by atoms with E-state index in [1.165, 1.54) is 12.1 Å². The third-order valence-corrected chi connectivity index (χ3v) is 6.49. The van der Waals surface area contributed by atoms with E-state index in [4.69, 9.17) is 20.7 Å². The van der Waals surface area contributed by atoms with Crippen molar-refractivity contribution in [2.24, 2.45) is 17.4 Å². The summed E-state index contributed by atoms with van der Waals surface area (Å²) in [5.41, 5.74) is 14.8. The van der Waals surface area contributed by atoms with E-state index in [0.29, 0.717) is 5.56 Å². The molecule has 43 heavy (non-hydrogen) atoms. The molecule has 0 bridgehead atoms. The van der Waals surface area contributed by atoms with Crippen molar-refractivity contribution in [1.82, 2.24) is 5.32 Å². The van der Waals surface area contributed by atoms with Crippen molar-refractivity contribution < 1.29 is 44.3 Å². The molecule has 4 rings (SSSR count). The molecule has 0 radical (unpaired) electrons. The number of ether oxygens (including phenoxy) is 1. The zero-order valence-electron chi connectivity index (χ0n) is 23.8. The Morgan fingerprint density at radius 1 is 0.837 bits per heavy atom. The number of benzene rings is 3. The maximum absolute atomic E-state index is 12.3. The van der Waals surface area contributed by atoms with Crippen LogP contribution in [-0.4, -0.2) is 69.7 Å². The van der Waals surface area contributed by atoms with Crippen LogP contribution < -0.4 is 16.8 Å². The summed E-state index contributed by atoms with van der Waals surface area (Å²) in [5.74, 6) is -3.03. The van der Waals surface area contributed by atoms with E-state index in [9.17, 15) is 29.4 Å². The quantitative estimate of drug-likeness (QED) is 0.190. The lowest BCUT2D eigenvalue weighted by molar-refractivity contribution is -0.140. The Hall–Kier alpha value is -4.94. The fourth-order valence-corrected chi connectivity index (χ4v) is 4.14. The molecular weight excluding hydrogens is 558 g/mol. The van der Waals surface area contributed by atoms with Crippen LogP contribution in [0.15, 0.2) is 72.8 Å². The van der Waals surface area contributed by atoms with Gasteiger partial charge in [-0.25, -0.2) is 9.59 Å². The zero-order valence-corrected chi connectivity index (χ0v) is 23.8. The number of alkyl carbamates (subject to hydrolysis) is 1. The number of amides is 1. The molecule has 2 unspecified atom stereocenters. The summed E-state index contributed by atoms with van der Waals surface area (Å²) < 4.78 is 5.42. The normalized spacial score (nSPS) is 12.7. The van der Waals surface area contributed by atoms with Gasteiger partial charge >= 0.3 is 24.0 Å². The maximum Gasteiger partial charge on any atom is 0.407 e. The minimum Gasteiger partial charge on any atom is -0.508 e. The number of fused-ring (bicyclic) bond motifs is 3. The summed E-state index contributed by atoms with van der Waals surface area (Å²) in [5, 5.41) is 37.1. The largest absolute Gasteiger partial charge is 0.508 e. The van der Waals surface area contributed by atoms with E-state index >= 15 is 0 Å². The molecule has 3 aromatic carbocycles. The highest BCUT2D eigenvalue weighted by atomic mass is 16.5. The summed E-state index contributed by atoms with van der Waals surface area (Å²) in [6, 6.07) is 20.3. The number of nitrogens with two attached hydrogens (primary N) is 2. The Kier molecular flexibility index (Phi) is 13.1. The molecular formula is C31H37N3O9. The molecule has 0 spiro atoms. The predicted octanol–water partition coefficient (Wildman–Crippen LogP) is 3.01. The first-order valence-electron chi connectivity index (χ1n) is 13.4. The van der Waals surface area contributed by atoms with Gasteiger partial charge in [-0.15, -0.1) is 0 Å². The third-order valence-electron chi connectivity index (χ3n) is 6.49. The molecule has 1 aliphatic carbocycles. The Morgan fingerprint density at radius 2 is 1.33 bits per heavy atom. The molecule has 2 atom stereocenters. The Bertz CT molecular complexity index is 1350. The number of aliphatic carboxylic acids is 3. The second-order valence-corrected chi connectivity index (χ2v) is 9.94. The molecule has 0 saturated carbocycles. The van der Waals surface area contributed by atoms with E-state index in [1.807, 2.05) is 48.5 Å². The minimum absolute atomic E-state index is 0.0208. The number of carbonyl (C=O) groups excluding carboxylic acids is 1. The van der Waals surface area contributed by atoms with Gasteiger partial charge in [-0.1, -0.05) is 74.5 Å². The van der Waals surface area contributed by atoms with Gasteiger partial charge in [0.05, 0.1) is 6.54 Å². The Balaban J connectivity index is 0.000000417. The number of phenols is 1. The predicted molar refractivity (Wildman–Crippen MR) is 159 cm³/mol. The van der Waals surface area contributed by atoms with Crippen LogP contribution in [0.2, 0.25) is 0 Å². The molecule has 0 heterocycles. The summed E-state index contributed by atoms with van der Waals surface area (Å²) in [6.45, 7) is 3.39. The van der Waals surface area contributed by atoms with E-state index in [2.05, 4.69) is 11.1 Å². The number of hydrogen-bond donors (Lipinski definition) is 7. The van der Waals surface area contributed by atoms with Crippen LogP contribution in [0.4, 0.5) is 4.79 Å². The van der Waals surface area contributed by atoms with Crippen LogP contribution in [0.3, 0.4) is 0 Å². The highest BCUT2D eigenvalue weighted by molar-refractivity contribution is 5.81. The molecule has 0 fully saturated rings. The van der Waals surface area contributed by atoms with Gasteiger partial charge in [0, 0.05) is 12.3 Å². The van der Waals surface area contributed by atoms with E-state index in [-0.39, 0.29) is 37.2 Å². The highest BCUT2D eigenvalue weighted by Gasteiger charge is 2.29. The van der Waals surface area contributed by atoms with Crippen molar-refractivity contribution in [3.8, 4) is 16.9 Å². The van der Waals surface area contributed by atoms with E-state index < -0.39 is 36.1 Å². The van der Waals surface area contributed by atoms with Gasteiger partial charge in [-0.05, 0) is 45.9 Å². The number of rotatable bonds is 9. The number of carboxylic acids is 3. The standard InChI is InChI=1S/C24H21NO5.C5H11NO2.C2H5NO2/c26-16-11-9-15(10-12-16)13-22(23(27)28)25-24(29)30-14-21-19-7-3-1-5-17(19)18-6-2-4-8-20(18)21;1-3(2)4(6)5(7)8;3-1-2(4)5/h1-12,21-22,26H,13-14H2,(H,25,29)(H,27,28);3-4H,6H2,1-2H3,(H,7,8);1,3H2,(H,4,5). The van der Waals surface area contributed by atoms with Crippen molar-refractivity contribution in [2.45, 2.75) is 38.3 Å². The number of carboxylic acid groups (broad SMARTS) is 3. The summed E-state index contributed by atoms with van der Waals surface area (Å²) in [4.78, 5) is 43.2. The number of carbonyl (C=O) groups is 4. The van der Waals surface area contributed by atoms with Gasteiger partial charge in [0.25, 0.3) is 0 Å². The fourth-order valence-electron chi connectivity index (χ4n) is 4.14. The monoisotopic (exact) mass is 595 g/mol. The second kappa shape index (κ2) is 16.5. The van der Waals surface area contributed by atoms with Gasteiger partial charge < -0.3 is 41.9 Å². The molecule has 1 aliphatic rings. The first-order valence-corrected chi connectivity index (χ1v) is 13.4. The highest BCUT2D eigenvalue weighted by Crippen LogP contribution is 2.44. The van der Waals surface area contributed by atoms with Gasteiger partial charge in [0.1, 0.15) is 24.4 Å². The maximum atomic E-state index is 12.3. The summed E-state index contributed by atoms with van der Waals surface area (Å²) in [6.07, 6.45) is -0.692. The van der Waals surface area contributed by atoms with Gasteiger partial charge in [-0.3, -0.25) is 9.59 Å². The first kappa shape index (κ1) is 34.3. The fraction of sp³-hybridized carbons (Fsp3) is 0.290. The summed E-state index contributed by atoms with van der Waals surface area (Å²) >= 11 is 0. The van der Waals surface area contributed by atoms with Crippen LogP contribution in [0, 0.1) is 5.92 Å². The Morgan fingerprint density at radius 3 is 1.72 bits per heavy atom. The van der Waals surface area contributed by atoms with Crippen molar-refractivity contribution in [3.05, 3.63) is 89.5 Å².